The second-order valence-corrected chi connectivity index (χ2v) is 9.76. The normalized spacial score (nSPS) is 14.5. The molecule has 0 rings (SSSR count). The summed E-state index contributed by atoms with van der Waals surface area (Å²) in [5.41, 5.74) is 0. The van der Waals surface area contributed by atoms with Gasteiger partial charge in [-0.15, -0.1) is 24.4 Å². The fourth-order valence-corrected chi connectivity index (χ4v) is 2.66. The molecule has 0 aromatic rings. The fraction of sp³-hybridized carbons (Fsp3) is 1.00. The molecular formula is C24H52O4Ti. The minimum absolute atomic E-state index is 0. The maximum absolute atomic E-state index is 10.3. The molecule has 0 spiro atoms. The summed E-state index contributed by atoms with van der Waals surface area (Å²) in [5, 5.41) is 41.4. The third-order valence-electron chi connectivity index (χ3n) is 3.21. The van der Waals surface area contributed by atoms with E-state index in [1.165, 1.54) is 0 Å². The molecule has 0 aromatic heterocycles. The standard InChI is InChI=1S/4C6H13O.Ti/c4*1-5(2)4-6(3)7;/h4*5-6H,4H2,1-3H3;/q4*-1;+4. The largest absolute Gasteiger partial charge is 4.00 e. The molecular weight excluding hydrogens is 400 g/mol. The summed E-state index contributed by atoms with van der Waals surface area (Å²) < 4.78 is 0. The molecule has 29 heavy (non-hydrogen) atoms. The summed E-state index contributed by atoms with van der Waals surface area (Å²) in [4.78, 5) is 0. The van der Waals surface area contributed by atoms with Crippen molar-refractivity contribution in [3.63, 3.8) is 0 Å². The van der Waals surface area contributed by atoms with Crippen LogP contribution in [0.3, 0.4) is 0 Å². The second-order valence-electron chi connectivity index (χ2n) is 9.76. The van der Waals surface area contributed by atoms with Crippen molar-refractivity contribution in [2.45, 2.75) is 133 Å². The predicted octanol–water partition coefficient (Wildman–Crippen LogP) is 3.12. The van der Waals surface area contributed by atoms with Crippen LogP contribution < -0.4 is 20.4 Å². The third-order valence-corrected chi connectivity index (χ3v) is 3.21. The molecule has 0 heterocycles. The van der Waals surface area contributed by atoms with Crippen LogP contribution in [0.1, 0.15) is 109 Å². The van der Waals surface area contributed by atoms with E-state index in [0.717, 1.165) is 25.7 Å². The first kappa shape index (κ1) is 40.0. The molecule has 4 nitrogen and oxygen atoms in total. The van der Waals surface area contributed by atoms with Crippen LogP contribution in [0.2, 0.25) is 0 Å². The average Bonchev–Trinajstić information content (AvgIpc) is 2.32. The van der Waals surface area contributed by atoms with Crippen molar-refractivity contribution in [1.29, 1.82) is 0 Å². The minimum atomic E-state index is -0.375. The van der Waals surface area contributed by atoms with Gasteiger partial charge in [0.15, 0.2) is 0 Å². The van der Waals surface area contributed by atoms with Gasteiger partial charge in [-0.3, -0.25) is 0 Å². The first-order valence-electron chi connectivity index (χ1n) is 11.1. The van der Waals surface area contributed by atoms with Gasteiger partial charge >= 0.3 is 21.7 Å². The van der Waals surface area contributed by atoms with Crippen molar-refractivity contribution < 1.29 is 42.1 Å². The number of rotatable bonds is 8. The SMILES string of the molecule is CC(C)CC(C)[O-].CC(C)CC(C)[O-].CC(C)CC(C)[O-].CC(C)CC(C)[O-].[Ti+4]. The smallest absolute Gasteiger partial charge is 0.852 e. The molecule has 4 atom stereocenters. The van der Waals surface area contributed by atoms with Crippen molar-refractivity contribution >= 4 is 0 Å². The molecule has 0 amide bonds. The van der Waals surface area contributed by atoms with Crippen LogP contribution >= 0.6 is 0 Å². The maximum atomic E-state index is 10.3. The van der Waals surface area contributed by atoms with Gasteiger partial charge in [-0.05, 0) is 23.7 Å². The molecule has 0 aliphatic rings. The van der Waals surface area contributed by atoms with Gasteiger partial charge in [0.2, 0.25) is 0 Å². The summed E-state index contributed by atoms with van der Waals surface area (Å²) in [5.74, 6) is 2.25. The van der Waals surface area contributed by atoms with Crippen LogP contribution in [-0.2, 0) is 21.7 Å². The summed E-state index contributed by atoms with van der Waals surface area (Å²) in [7, 11) is 0. The summed E-state index contributed by atoms with van der Waals surface area (Å²) in [6.07, 6.45) is 1.72. The van der Waals surface area contributed by atoms with Gasteiger partial charge in [0, 0.05) is 0 Å². The van der Waals surface area contributed by atoms with Crippen LogP contribution in [0.25, 0.3) is 0 Å². The topological polar surface area (TPSA) is 92.2 Å². The van der Waals surface area contributed by atoms with Crippen LogP contribution in [0.4, 0.5) is 0 Å². The first-order valence-corrected chi connectivity index (χ1v) is 11.1. The fourth-order valence-electron chi connectivity index (χ4n) is 2.66. The second kappa shape index (κ2) is 26.6. The summed E-state index contributed by atoms with van der Waals surface area (Å²) in [6.45, 7) is 23.3. The Morgan fingerprint density at radius 1 is 0.345 bits per heavy atom. The van der Waals surface area contributed by atoms with Crippen LogP contribution in [0.15, 0.2) is 0 Å². The van der Waals surface area contributed by atoms with Gasteiger partial charge in [0.1, 0.15) is 0 Å². The zero-order chi connectivity index (χ0) is 23.4. The Kier molecular flexibility index (Phi) is 36.6. The Morgan fingerprint density at radius 3 is 0.448 bits per heavy atom. The molecule has 0 radical (unpaired) electrons. The van der Waals surface area contributed by atoms with Crippen molar-refractivity contribution in [2.24, 2.45) is 23.7 Å². The van der Waals surface area contributed by atoms with E-state index in [9.17, 15) is 20.4 Å². The molecule has 0 aliphatic heterocycles. The molecule has 0 N–H and O–H groups in total. The minimum Gasteiger partial charge on any atom is -0.852 e. The van der Waals surface area contributed by atoms with E-state index in [2.05, 4.69) is 55.4 Å². The Balaban J connectivity index is -0.0000000873. The van der Waals surface area contributed by atoms with Crippen molar-refractivity contribution in [1.82, 2.24) is 0 Å². The van der Waals surface area contributed by atoms with Gasteiger partial charge in [0.25, 0.3) is 0 Å². The number of hydrogen-bond donors (Lipinski definition) is 0. The van der Waals surface area contributed by atoms with Crippen LogP contribution in [-0.4, -0.2) is 24.4 Å². The average molecular weight is 453 g/mol. The molecule has 0 bridgehead atoms. The number of hydrogen-bond acceptors (Lipinski definition) is 4. The van der Waals surface area contributed by atoms with E-state index in [4.69, 9.17) is 0 Å². The van der Waals surface area contributed by atoms with E-state index in [-0.39, 0.29) is 46.1 Å². The third kappa shape index (κ3) is 73.5. The Bertz CT molecular complexity index is 196. The van der Waals surface area contributed by atoms with E-state index in [0.29, 0.717) is 23.7 Å². The van der Waals surface area contributed by atoms with Gasteiger partial charge in [-0.2, -0.15) is 0 Å². The molecule has 0 saturated heterocycles. The van der Waals surface area contributed by atoms with E-state index >= 15 is 0 Å². The zero-order valence-electron chi connectivity index (χ0n) is 21.6. The van der Waals surface area contributed by atoms with Gasteiger partial charge in [-0.1, -0.05) is 109 Å². The maximum Gasteiger partial charge on any atom is 4.00 e. The summed E-state index contributed by atoms with van der Waals surface area (Å²) >= 11 is 0. The molecule has 0 saturated carbocycles. The van der Waals surface area contributed by atoms with Crippen LogP contribution in [0, 0.1) is 23.7 Å². The van der Waals surface area contributed by atoms with Gasteiger partial charge in [0.05, 0.1) is 0 Å². The molecule has 5 heteroatoms. The van der Waals surface area contributed by atoms with Gasteiger partial charge < -0.3 is 20.4 Å². The first-order chi connectivity index (χ1) is 12.5. The zero-order valence-corrected chi connectivity index (χ0v) is 23.1. The predicted molar refractivity (Wildman–Crippen MR) is 116 cm³/mol. The Hall–Kier alpha value is 0.554. The Morgan fingerprint density at radius 2 is 0.448 bits per heavy atom. The van der Waals surface area contributed by atoms with E-state index in [1.807, 2.05) is 0 Å². The molecule has 4 unspecified atom stereocenters. The van der Waals surface area contributed by atoms with Crippen molar-refractivity contribution in [3.05, 3.63) is 0 Å². The quantitative estimate of drug-likeness (QED) is 0.529. The van der Waals surface area contributed by atoms with Crippen molar-refractivity contribution in [3.8, 4) is 0 Å². The molecule has 176 valence electrons. The molecule has 0 aromatic carbocycles. The van der Waals surface area contributed by atoms with Crippen molar-refractivity contribution in [2.75, 3.05) is 0 Å². The Labute approximate surface area is 198 Å². The van der Waals surface area contributed by atoms with E-state index in [1.54, 1.807) is 27.7 Å². The monoisotopic (exact) mass is 452 g/mol. The van der Waals surface area contributed by atoms with E-state index < -0.39 is 0 Å². The summed E-state index contributed by atoms with van der Waals surface area (Å²) in [6, 6.07) is 0. The van der Waals surface area contributed by atoms with Crippen LogP contribution in [0.5, 0.6) is 0 Å². The molecule has 0 aliphatic carbocycles. The molecule has 0 fully saturated rings. The van der Waals surface area contributed by atoms with Gasteiger partial charge in [-0.25, -0.2) is 0 Å².